The molecule has 9 nitrogen and oxygen atoms in total. The van der Waals surface area contributed by atoms with Gasteiger partial charge < -0.3 is 25.6 Å². The van der Waals surface area contributed by atoms with Gasteiger partial charge in [-0.25, -0.2) is 4.79 Å². The molecule has 258 valence electrons. The van der Waals surface area contributed by atoms with Crippen molar-refractivity contribution in [1.29, 1.82) is 0 Å². The maximum Gasteiger partial charge on any atom is 0.328 e. The van der Waals surface area contributed by atoms with Gasteiger partial charge in [0.1, 0.15) is 12.1 Å². The summed E-state index contributed by atoms with van der Waals surface area (Å²) in [6, 6.07) is -1.38. The maximum atomic E-state index is 12.6. The minimum absolute atomic E-state index is 0.0000838. The van der Waals surface area contributed by atoms with Gasteiger partial charge in [0.2, 0.25) is 11.8 Å². The van der Waals surface area contributed by atoms with Crippen molar-refractivity contribution in [2.45, 2.75) is 187 Å². The van der Waals surface area contributed by atoms with Crippen molar-refractivity contribution in [3.63, 3.8) is 0 Å². The summed E-state index contributed by atoms with van der Waals surface area (Å²) in [6.07, 6.45) is 27.1. The molecule has 9 heteroatoms. The number of nitrogens with one attached hydrogen (secondary N) is 2. The number of carbonyl (C=O) groups is 4. The second-order valence-electron chi connectivity index (χ2n) is 12.3. The number of aliphatic hydroxyl groups is 1. The third kappa shape index (κ3) is 27.4. The molecule has 0 aromatic heterocycles. The van der Waals surface area contributed by atoms with E-state index >= 15 is 0 Å². The van der Waals surface area contributed by atoms with E-state index < -0.39 is 24.5 Å². The quantitative estimate of drug-likeness (QED) is 0.0451. The van der Waals surface area contributed by atoms with E-state index in [-0.39, 0.29) is 24.5 Å². The Morgan fingerprint density at radius 2 is 1.02 bits per heavy atom. The van der Waals surface area contributed by atoms with E-state index in [9.17, 15) is 19.2 Å². The smallest absolute Gasteiger partial charge is 0.328 e. The number of hydrogen-bond acceptors (Lipinski definition) is 6. The Hall–Kier alpha value is -2.16. The van der Waals surface area contributed by atoms with Crippen molar-refractivity contribution >= 4 is 23.8 Å². The second-order valence-corrected chi connectivity index (χ2v) is 12.3. The molecule has 0 aromatic carbocycles. The number of aliphatic hydroxyl groups excluding tert-OH is 1. The summed E-state index contributed by atoms with van der Waals surface area (Å²) in [5, 5.41) is 22.4. The van der Waals surface area contributed by atoms with Gasteiger partial charge in [0.25, 0.3) is 0 Å². The molecule has 0 aliphatic rings. The zero-order valence-corrected chi connectivity index (χ0v) is 28.2. The number of ether oxygens (including phenoxy) is 1. The molecule has 0 aromatic rings. The number of esters is 1. The van der Waals surface area contributed by atoms with Crippen LogP contribution in [0.1, 0.15) is 174 Å². The molecule has 0 fully saturated rings. The molecule has 0 aliphatic carbocycles. The van der Waals surface area contributed by atoms with Crippen LogP contribution in [0, 0.1) is 0 Å². The Bertz CT molecular complexity index is 732. The first-order valence-electron chi connectivity index (χ1n) is 17.9. The van der Waals surface area contributed by atoms with E-state index in [0.717, 1.165) is 57.8 Å². The summed E-state index contributed by atoms with van der Waals surface area (Å²) >= 11 is 0. The molecular formula is C35H66N2O7. The highest BCUT2D eigenvalue weighted by Crippen LogP contribution is 2.19. The van der Waals surface area contributed by atoms with Crippen LogP contribution in [-0.4, -0.2) is 59.3 Å². The van der Waals surface area contributed by atoms with Crippen LogP contribution >= 0.6 is 0 Å². The summed E-state index contributed by atoms with van der Waals surface area (Å²) in [5.74, 6) is -2.29. The number of rotatable bonds is 32. The number of aliphatic carboxylic acids is 1. The number of carboxylic acid groups (broad SMARTS) is 1. The number of unbranched alkanes of at least 4 members (excludes halogenated alkanes) is 18. The monoisotopic (exact) mass is 626 g/mol. The lowest BCUT2D eigenvalue weighted by Gasteiger charge is -2.18. The topological polar surface area (TPSA) is 142 Å². The van der Waals surface area contributed by atoms with E-state index in [1.165, 1.54) is 83.5 Å². The minimum Gasteiger partial charge on any atom is -0.480 e. The first-order valence-corrected chi connectivity index (χ1v) is 17.9. The third-order valence-electron chi connectivity index (χ3n) is 8.10. The molecule has 0 saturated heterocycles. The highest BCUT2D eigenvalue weighted by molar-refractivity contribution is 5.87. The molecule has 44 heavy (non-hydrogen) atoms. The summed E-state index contributed by atoms with van der Waals surface area (Å²) in [7, 11) is 0. The van der Waals surface area contributed by atoms with Gasteiger partial charge in [0.05, 0.1) is 13.2 Å². The Morgan fingerprint density at radius 1 is 0.591 bits per heavy atom. The highest BCUT2D eigenvalue weighted by atomic mass is 16.5. The average molecular weight is 627 g/mol. The number of carboxylic acids is 1. The van der Waals surface area contributed by atoms with Crippen molar-refractivity contribution in [3.05, 3.63) is 0 Å². The standard InChI is InChI=1S/C35H66N2O7/c1-3-5-7-9-11-12-14-16-20-24-30(44-34(41)27-23-19-13-10-8-6-4-2)25-21-17-15-18-22-26-32(39)36-28-33(40)37-31(29-38)35(42)43/h30-31,38H,3-29H2,1-2H3,(H,36,39)(H,37,40)(H,42,43). The Labute approximate surface area is 268 Å². The molecule has 0 rings (SSSR count). The van der Waals surface area contributed by atoms with Gasteiger partial charge in [0.15, 0.2) is 0 Å². The van der Waals surface area contributed by atoms with Crippen molar-refractivity contribution in [3.8, 4) is 0 Å². The minimum atomic E-state index is -1.38. The lowest BCUT2D eigenvalue weighted by Crippen LogP contribution is -2.47. The first kappa shape index (κ1) is 41.8. The van der Waals surface area contributed by atoms with Gasteiger partial charge in [-0.3, -0.25) is 14.4 Å². The molecule has 0 saturated carbocycles. The number of amides is 2. The molecule has 0 radical (unpaired) electrons. The van der Waals surface area contributed by atoms with Crippen molar-refractivity contribution < 1.29 is 34.1 Å². The molecular weight excluding hydrogens is 560 g/mol. The van der Waals surface area contributed by atoms with Crippen LogP contribution in [0.25, 0.3) is 0 Å². The van der Waals surface area contributed by atoms with Crippen LogP contribution in [0.5, 0.6) is 0 Å². The van der Waals surface area contributed by atoms with Gasteiger partial charge in [-0.1, -0.05) is 123 Å². The molecule has 4 N–H and O–H groups in total. The van der Waals surface area contributed by atoms with Crippen LogP contribution in [0.4, 0.5) is 0 Å². The predicted molar refractivity (Wildman–Crippen MR) is 176 cm³/mol. The Morgan fingerprint density at radius 3 is 1.48 bits per heavy atom. The summed E-state index contributed by atoms with van der Waals surface area (Å²) in [6.45, 7) is 3.44. The molecule has 0 spiro atoms. The fourth-order valence-corrected chi connectivity index (χ4v) is 5.30. The number of hydrogen-bond donors (Lipinski definition) is 4. The van der Waals surface area contributed by atoms with Crippen molar-refractivity contribution in [2.24, 2.45) is 0 Å². The van der Waals surface area contributed by atoms with Gasteiger partial charge in [-0.2, -0.15) is 0 Å². The zero-order chi connectivity index (χ0) is 32.7. The van der Waals surface area contributed by atoms with Gasteiger partial charge in [0, 0.05) is 12.8 Å². The van der Waals surface area contributed by atoms with E-state index in [2.05, 4.69) is 24.5 Å². The maximum absolute atomic E-state index is 12.6. The lowest BCUT2D eigenvalue weighted by molar-refractivity contribution is -0.150. The normalized spacial score (nSPS) is 12.4. The van der Waals surface area contributed by atoms with Crippen LogP contribution in [0.15, 0.2) is 0 Å². The Kier molecular flexibility index (Phi) is 29.3. The van der Waals surface area contributed by atoms with Gasteiger partial charge in [-0.05, 0) is 38.5 Å². The summed E-state index contributed by atoms with van der Waals surface area (Å²) in [4.78, 5) is 47.1. The van der Waals surface area contributed by atoms with Crippen molar-refractivity contribution in [2.75, 3.05) is 13.2 Å². The Balaban J connectivity index is 4.22. The van der Waals surface area contributed by atoms with Crippen LogP contribution < -0.4 is 10.6 Å². The van der Waals surface area contributed by atoms with Crippen LogP contribution in [0.3, 0.4) is 0 Å². The molecule has 2 unspecified atom stereocenters. The molecule has 0 aliphatic heterocycles. The van der Waals surface area contributed by atoms with Gasteiger partial charge in [-0.15, -0.1) is 0 Å². The SMILES string of the molecule is CCCCCCCCCCCC(CCCCCCCC(=O)NCC(=O)NC(CO)C(=O)O)OC(=O)CCCCCCCCC. The lowest BCUT2D eigenvalue weighted by atomic mass is 10.0. The molecule has 2 atom stereocenters. The van der Waals surface area contributed by atoms with Crippen molar-refractivity contribution in [1.82, 2.24) is 10.6 Å². The third-order valence-corrected chi connectivity index (χ3v) is 8.10. The first-order chi connectivity index (χ1) is 21.3. The average Bonchev–Trinajstić information content (AvgIpc) is 3.00. The van der Waals surface area contributed by atoms with E-state index in [0.29, 0.717) is 19.3 Å². The van der Waals surface area contributed by atoms with Crippen LogP contribution in [-0.2, 0) is 23.9 Å². The predicted octanol–water partition coefficient (Wildman–Crippen LogP) is 7.37. The molecule has 0 heterocycles. The fourth-order valence-electron chi connectivity index (χ4n) is 5.30. The fraction of sp³-hybridized carbons (Fsp3) is 0.886. The molecule has 2 amide bonds. The zero-order valence-electron chi connectivity index (χ0n) is 28.2. The molecule has 0 bridgehead atoms. The van der Waals surface area contributed by atoms with E-state index in [1.54, 1.807) is 0 Å². The largest absolute Gasteiger partial charge is 0.480 e. The van der Waals surface area contributed by atoms with E-state index in [4.69, 9.17) is 14.9 Å². The van der Waals surface area contributed by atoms with E-state index in [1.807, 2.05) is 0 Å². The second kappa shape index (κ2) is 30.8. The van der Waals surface area contributed by atoms with Gasteiger partial charge >= 0.3 is 11.9 Å². The summed E-state index contributed by atoms with van der Waals surface area (Å²) < 4.78 is 5.95. The number of carbonyl (C=O) groups excluding carboxylic acids is 3. The summed E-state index contributed by atoms with van der Waals surface area (Å²) in [5.41, 5.74) is 0. The van der Waals surface area contributed by atoms with Crippen LogP contribution in [0.2, 0.25) is 0 Å². The highest BCUT2D eigenvalue weighted by Gasteiger charge is 2.19.